The van der Waals surface area contributed by atoms with E-state index < -0.39 is 0 Å². The molecule has 0 saturated heterocycles. The Morgan fingerprint density at radius 1 is 1.65 bits per heavy atom. The Bertz CT molecular complexity index is 414. The van der Waals surface area contributed by atoms with Crippen LogP contribution in [0.5, 0.6) is 0 Å². The molecule has 1 aliphatic rings. The van der Waals surface area contributed by atoms with Crippen LogP contribution in [0.15, 0.2) is 6.20 Å². The molecule has 1 aromatic rings. The first-order valence-corrected chi connectivity index (χ1v) is 6.03. The maximum atomic E-state index is 12.1. The molecule has 1 aliphatic carbocycles. The van der Waals surface area contributed by atoms with Crippen LogP contribution in [0.2, 0.25) is 0 Å². The number of nitrogens with zero attached hydrogens (tertiary/aromatic N) is 2. The maximum Gasteiger partial charge on any atom is 0.254 e. The van der Waals surface area contributed by atoms with Gasteiger partial charge in [-0.25, -0.2) is 0 Å². The number of aryl methyl sites for hydroxylation is 2. The highest BCUT2D eigenvalue weighted by molar-refractivity contribution is 5.95. The predicted molar refractivity (Wildman–Crippen MR) is 63.6 cm³/mol. The molecule has 2 atom stereocenters. The van der Waals surface area contributed by atoms with Crippen molar-refractivity contribution < 1.29 is 9.90 Å². The van der Waals surface area contributed by atoms with Crippen molar-refractivity contribution >= 4 is 5.91 Å². The van der Waals surface area contributed by atoms with E-state index in [2.05, 4.69) is 10.4 Å². The SMILES string of the molecule is Cc1nn(C)cc1C(=O)NC1CCCC1CO. The number of hydrogen-bond acceptors (Lipinski definition) is 3. The number of carbonyl (C=O) groups is 1. The van der Waals surface area contributed by atoms with Gasteiger partial charge < -0.3 is 10.4 Å². The molecule has 1 aromatic heterocycles. The Kier molecular flexibility index (Phi) is 3.47. The molecule has 17 heavy (non-hydrogen) atoms. The molecule has 1 saturated carbocycles. The molecule has 0 spiro atoms. The molecule has 1 fully saturated rings. The molecule has 0 aliphatic heterocycles. The molecule has 2 unspecified atom stereocenters. The van der Waals surface area contributed by atoms with E-state index in [0.717, 1.165) is 25.0 Å². The number of rotatable bonds is 3. The summed E-state index contributed by atoms with van der Waals surface area (Å²) in [6.07, 6.45) is 4.75. The number of amides is 1. The lowest BCUT2D eigenvalue weighted by Gasteiger charge is -2.18. The highest BCUT2D eigenvalue weighted by Gasteiger charge is 2.28. The quantitative estimate of drug-likeness (QED) is 0.810. The third-order valence-electron chi connectivity index (χ3n) is 3.47. The third kappa shape index (κ3) is 2.49. The minimum atomic E-state index is -0.0825. The zero-order chi connectivity index (χ0) is 12.4. The van der Waals surface area contributed by atoms with Crippen molar-refractivity contribution in [2.45, 2.75) is 32.2 Å². The van der Waals surface area contributed by atoms with Crippen LogP contribution >= 0.6 is 0 Å². The molecular formula is C12H19N3O2. The van der Waals surface area contributed by atoms with Crippen molar-refractivity contribution in [1.82, 2.24) is 15.1 Å². The highest BCUT2D eigenvalue weighted by atomic mass is 16.3. The standard InChI is InChI=1S/C12H19N3O2/c1-8-10(6-15(2)14-8)12(17)13-11-5-3-4-9(11)7-16/h6,9,11,16H,3-5,7H2,1-2H3,(H,13,17). The van der Waals surface area contributed by atoms with Gasteiger partial charge in [-0.3, -0.25) is 9.48 Å². The predicted octanol–water partition coefficient (Wildman–Crippen LogP) is 0.619. The summed E-state index contributed by atoms with van der Waals surface area (Å²) in [7, 11) is 1.80. The minimum Gasteiger partial charge on any atom is -0.396 e. The smallest absolute Gasteiger partial charge is 0.254 e. The lowest BCUT2D eigenvalue weighted by Crippen LogP contribution is -2.38. The van der Waals surface area contributed by atoms with Gasteiger partial charge in [0.25, 0.3) is 5.91 Å². The number of nitrogens with one attached hydrogen (secondary N) is 1. The number of hydrogen-bond donors (Lipinski definition) is 2. The summed E-state index contributed by atoms with van der Waals surface area (Å²) in [5.74, 6) is 0.122. The van der Waals surface area contributed by atoms with Crippen LogP contribution in [-0.4, -0.2) is 33.4 Å². The Labute approximate surface area is 101 Å². The van der Waals surface area contributed by atoms with Gasteiger partial charge in [0.2, 0.25) is 0 Å². The zero-order valence-corrected chi connectivity index (χ0v) is 10.3. The summed E-state index contributed by atoms with van der Waals surface area (Å²) in [6.45, 7) is 1.98. The van der Waals surface area contributed by atoms with Gasteiger partial charge in [0.1, 0.15) is 0 Å². The fraction of sp³-hybridized carbons (Fsp3) is 0.667. The summed E-state index contributed by atoms with van der Waals surface area (Å²) in [4.78, 5) is 12.1. The second kappa shape index (κ2) is 4.87. The van der Waals surface area contributed by atoms with Crippen LogP contribution in [0, 0.1) is 12.8 Å². The van der Waals surface area contributed by atoms with E-state index in [0.29, 0.717) is 5.56 Å². The lowest BCUT2D eigenvalue weighted by molar-refractivity contribution is 0.0915. The van der Waals surface area contributed by atoms with Crippen molar-refractivity contribution in [3.05, 3.63) is 17.5 Å². The van der Waals surface area contributed by atoms with E-state index in [1.54, 1.807) is 17.9 Å². The van der Waals surface area contributed by atoms with Gasteiger partial charge in [0.05, 0.1) is 11.3 Å². The van der Waals surface area contributed by atoms with Crippen molar-refractivity contribution in [1.29, 1.82) is 0 Å². The molecule has 0 bridgehead atoms. The fourth-order valence-corrected chi connectivity index (χ4v) is 2.51. The lowest BCUT2D eigenvalue weighted by atomic mass is 10.0. The van der Waals surface area contributed by atoms with Crippen LogP contribution in [0.1, 0.15) is 35.3 Å². The van der Waals surface area contributed by atoms with Gasteiger partial charge in [-0.05, 0) is 19.8 Å². The average molecular weight is 237 g/mol. The summed E-state index contributed by atoms with van der Waals surface area (Å²) < 4.78 is 1.64. The first-order valence-electron chi connectivity index (χ1n) is 6.03. The van der Waals surface area contributed by atoms with Crippen molar-refractivity contribution in [3.63, 3.8) is 0 Å². The van der Waals surface area contributed by atoms with E-state index in [-0.39, 0.29) is 24.5 Å². The van der Waals surface area contributed by atoms with E-state index in [4.69, 9.17) is 0 Å². The number of carbonyl (C=O) groups excluding carboxylic acids is 1. The van der Waals surface area contributed by atoms with E-state index in [1.807, 2.05) is 6.92 Å². The van der Waals surface area contributed by atoms with Crippen molar-refractivity contribution in [2.24, 2.45) is 13.0 Å². The summed E-state index contributed by atoms with van der Waals surface area (Å²) in [5, 5.41) is 16.4. The molecule has 1 amide bonds. The summed E-state index contributed by atoms with van der Waals surface area (Å²) in [5.41, 5.74) is 1.36. The molecule has 5 heteroatoms. The molecule has 5 nitrogen and oxygen atoms in total. The molecule has 1 heterocycles. The Balaban J connectivity index is 2.04. The molecule has 94 valence electrons. The van der Waals surface area contributed by atoms with Gasteiger partial charge >= 0.3 is 0 Å². The fourth-order valence-electron chi connectivity index (χ4n) is 2.51. The number of aliphatic hydroxyl groups excluding tert-OH is 1. The second-order valence-corrected chi connectivity index (χ2v) is 4.76. The van der Waals surface area contributed by atoms with Crippen LogP contribution in [0.3, 0.4) is 0 Å². The Hall–Kier alpha value is -1.36. The van der Waals surface area contributed by atoms with Crippen LogP contribution in [0.25, 0.3) is 0 Å². The monoisotopic (exact) mass is 237 g/mol. The molecule has 0 aromatic carbocycles. The minimum absolute atomic E-state index is 0.0825. The average Bonchev–Trinajstić information content (AvgIpc) is 2.84. The van der Waals surface area contributed by atoms with Crippen LogP contribution < -0.4 is 5.32 Å². The molecule has 0 radical (unpaired) electrons. The second-order valence-electron chi connectivity index (χ2n) is 4.76. The Morgan fingerprint density at radius 3 is 3.00 bits per heavy atom. The van der Waals surface area contributed by atoms with E-state index in [1.165, 1.54) is 0 Å². The molecule has 2 rings (SSSR count). The van der Waals surface area contributed by atoms with Crippen LogP contribution in [-0.2, 0) is 7.05 Å². The molecule has 2 N–H and O–H groups in total. The maximum absolute atomic E-state index is 12.1. The Morgan fingerprint density at radius 2 is 2.41 bits per heavy atom. The van der Waals surface area contributed by atoms with Crippen molar-refractivity contribution in [3.8, 4) is 0 Å². The largest absolute Gasteiger partial charge is 0.396 e. The molecular weight excluding hydrogens is 218 g/mol. The zero-order valence-electron chi connectivity index (χ0n) is 10.3. The van der Waals surface area contributed by atoms with Gasteiger partial charge in [-0.15, -0.1) is 0 Å². The topological polar surface area (TPSA) is 67.2 Å². The summed E-state index contributed by atoms with van der Waals surface area (Å²) in [6, 6.07) is 0.104. The van der Waals surface area contributed by atoms with Crippen molar-refractivity contribution in [2.75, 3.05) is 6.61 Å². The van der Waals surface area contributed by atoms with Gasteiger partial charge in [-0.2, -0.15) is 5.10 Å². The summed E-state index contributed by atoms with van der Waals surface area (Å²) >= 11 is 0. The number of aliphatic hydroxyl groups is 1. The normalized spacial score (nSPS) is 23.9. The number of aromatic nitrogens is 2. The van der Waals surface area contributed by atoms with Crippen LogP contribution in [0.4, 0.5) is 0 Å². The van der Waals surface area contributed by atoms with Gasteiger partial charge in [0, 0.05) is 31.8 Å². The third-order valence-corrected chi connectivity index (χ3v) is 3.47. The highest BCUT2D eigenvalue weighted by Crippen LogP contribution is 2.25. The first-order chi connectivity index (χ1) is 8.11. The van der Waals surface area contributed by atoms with E-state index >= 15 is 0 Å². The van der Waals surface area contributed by atoms with Gasteiger partial charge in [-0.1, -0.05) is 6.42 Å². The van der Waals surface area contributed by atoms with Gasteiger partial charge in [0.15, 0.2) is 0 Å². The first kappa shape index (κ1) is 12.1. The van der Waals surface area contributed by atoms with E-state index in [9.17, 15) is 9.90 Å².